The van der Waals surface area contributed by atoms with Crippen LogP contribution in [0.5, 0.6) is 0 Å². The summed E-state index contributed by atoms with van der Waals surface area (Å²) in [5.74, 6) is 1.50. The third-order valence-corrected chi connectivity index (χ3v) is 5.31. The average Bonchev–Trinajstić information content (AvgIpc) is 3.00. The molecule has 19 heavy (non-hydrogen) atoms. The van der Waals surface area contributed by atoms with E-state index < -0.39 is 0 Å². The first-order valence-electron chi connectivity index (χ1n) is 7.02. The van der Waals surface area contributed by atoms with Gasteiger partial charge in [0, 0.05) is 35.6 Å². The fourth-order valence-corrected chi connectivity index (χ4v) is 3.99. The Balaban J connectivity index is 1.67. The van der Waals surface area contributed by atoms with Gasteiger partial charge < -0.3 is 10.2 Å². The summed E-state index contributed by atoms with van der Waals surface area (Å²) in [6.45, 7) is 3.15. The second kappa shape index (κ2) is 5.45. The number of carbonyl (C=O) groups is 1. The molecule has 0 radical (unpaired) electrons. The van der Waals surface area contributed by atoms with Crippen LogP contribution in [0.1, 0.15) is 26.2 Å². The Hall–Kier alpha value is -1.16. The normalized spacial score (nSPS) is 27.0. The van der Waals surface area contributed by atoms with Crippen molar-refractivity contribution >= 4 is 29.0 Å². The van der Waals surface area contributed by atoms with E-state index in [4.69, 9.17) is 0 Å². The Bertz CT molecular complexity index is 460. The lowest BCUT2D eigenvalue weighted by Crippen LogP contribution is -2.25. The minimum atomic E-state index is 0.251. The number of nitrogens with one attached hydrogen (secondary N) is 1. The molecule has 0 saturated carbocycles. The number of carbonyl (C=O) groups excluding carboxylic acids is 1. The molecule has 2 aliphatic rings. The van der Waals surface area contributed by atoms with Gasteiger partial charge in [-0.05, 0) is 42.9 Å². The fourth-order valence-electron chi connectivity index (χ4n) is 2.79. The van der Waals surface area contributed by atoms with Gasteiger partial charge in [0.05, 0.1) is 0 Å². The summed E-state index contributed by atoms with van der Waals surface area (Å²) in [6.07, 6.45) is 2.91. The lowest BCUT2D eigenvalue weighted by molar-refractivity contribution is -0.117. The second-order valence-electron chi connectivity index (χ2n) is 5.31. The Labute approximate surface area is 118 Å². The van der Waals surface area contributed by atoms with Crippen LogP contribution in [-0.2, 0) is 4.79 Å². The average molecular weight is 276 g/mol. The maximum atomic E-state index is 11.7. The second-order valence-corrected chi connectivity index (χ2v) is 6.80. The van der Waals surface area contributed by atoms with E-state index in [0.717, 1.165) is 24.3 Å². The minimum Gasteiger partial charge on any atom is -0.381 e. The van der Waals surface area contributed by atoms with E-state index in [2.05, 4.69) is 36.5 Å². The molecule has 0 aromatic heterocycles. The van der Waals surface area contributed by atoms with E-state index in [-0.39, 0.29) is 5.91 Å². The Morgan fingerprint density at radius 2 is 2.11 bits per heavy atom. The van der Waals surface area contributed by atoms with Crippen LogP contribution in [0.3, 0.4) is 0 Å². The van der Waals surface area contributed by atoms with Gasteiger partial charge in [0.25, 0.3) is 0 Å². The molecule has 3 nitrogen and oxygen atoms in total. The minimum absolute atomic E-state index is 0.251. The topological polar surface area (TPSA) is 32.3 Å². The molecule has 1 amide bonds. The molecule has 2 atom stereocenters. The number of anilines is 2. The smallest absolute Gasteiger partial charge is 0.227 e. The largest absolute Gasteiger partial charge is 0.381 e. The first-order valence-corrected chi connectivity index (χ1v) is 8.07. The van der Waals surface area contributed by atoms with Gasteiger partial charge in [0.15, 0.2) is 0 Å². The summed E-state index contributed by atoms with van der Waals surface area (Å²) in [5.41, 5.74) is 2.19. The van der Waals surface area contributed by atoms with E-state index in [1.165, 1.54) is 12.2 Å². The van der Waals surface area contributed by atoms with E-state index >= 15 is 0 Å². The molecule has 0 spiro atoms. The molecule has 2 unspecified atom stereocenters. The van der Waals surface area contributed by atoms with Crippen molar-refractivity contribution in [3.05, 3.63) is 24.3 Å². The van der Waals surface area contributed by atoms with Crippen LogP contribution in [0.25, 0.3) is 0 Å². The summed E-state index contributed by atoms with van der Waals surface area (Å²) in [7, 11) is 0. The van der Waals surface area contributed by atoms with Gasteiger partial charge >= 0.3 is 0 Å². The molecular formula is C15H20N2OS. The van der Waals surface area contributed by atoms with Gasteiger partial charge in [-0.1, -0.05) is 6.92 Å². The van der Waals surface area contributed by atoms with Crippen LogP contribution < -0.4 is 10.2 Å². The predicted molar refractivity (Wildman–Crippen MR) is 82.0 cm³/mol. The maximum Gasteiger partial charge on any atom is 0.227 e. The van der Waals surface area contributed by atoms with Crippen LogP contribution in [0.15, 0.2) is 24.3 Å². The van der Waals surface area contributed by atoms with Gasteiger partial charge in [0.2, 0.25) is 5.91 Å². The number of nitrogens with zero attached hydrogens (tertiary/aromatic N) is 1. The third kappa shape index (κ3) is 2.73. The van der Waals surface area contributed by atoms with Gasteiger partial charge in [-0.3, -0.25) is 4.79 Å². The number of amides is 1. The zero-order chi connectivity index (χ0) is 13.2. The Morgan fingerprint density at radius 3 is 2.68 bits per heavy atom. The van der Waals surface area contributed by atoms with E-state index in [1.807, 2.05) is 16.7 Å². The van der Waals surface area contributed by atoms with Crippen molar-refractivity contribution in [3.63, 3.8) is 0 Å². The Morgan fingerprint density at radius 1 is 1.32 bits per heavy atom. The van der Waals surface area contributed by atoms with Gasteiger partial charge in [-0.25, -0.2) is 0 Å². The van der Waals surface area contributed by atoms with Crippen LogP contribution in [0.4, 0.5) is 11.4 Å². The SMILES string of the molecule is CC1SCCC1Nc1ccc(N2CCCC2=O)cc1. The molecule has 2 aliphatic heterocycles. The van der Waals surface area contributed by atoms with Gasteiger partial charge in [-0.15, -0.1) is 0 Å². The summed E-state index contributed by atoms with van der Waals surface area (Å²) in [6, 6.07) is 8.87. The summed E-state index contributed by atoms with van der Waals surface area (Å²) >= 11 is 2.03. The predicted octanol–water partition coefficient (Wildman–Crippen LogP) is 3.12. The molecule has 4 heteroatoms. The number of rotatable bonds is 3. The highest BCUT2D eigenvalue weighted by Gasteiger charge is 2.24. The fraction of sp³-hybridized carbons (Fsp3) is 0.533. The first-order chi connectivity index (χ1) is 9.24. The molecule has 2 fully saturated rings. The Kier molecular flexibility index (Phi) is 3.69. The number of thioether (sulfide) groups is 1. The van der Waals surface area contributed by atoms with Crippen LogP contribution in [0, 0.1) is 0 Å². The molecule has 2 saturated heterocycles. The number of benzene rings is 1. The van der Waals surface area contributed by atoms with Crippen molar-refractivity contribution in [2.45, 2.75) is 37.5 Å². The van der Waals surface area contributed by atoms with Crippen LogP contribution >= 0.6 is 11.8 Å². The van der Waals surface area contributed by atoms with Gasteiger partial charge in [-0.2, -0.15) is 11.8 Å². The third-order valence-electron chi connectivity index (χ3n) is 3.98. The molecule has 1 N–H and O–H groups in total. The van der Waals surface area contributed by atoms with Crippen LogP contribution in [-0.4, -0.2) is 29.5 Å². The van der Waals surface area contributed by atoms with Gasteiger partial charge in [0.1, 0.15) is 0 Å². The zero-order valence-corrected chi connectivity index (χ0v) is 12.1. The van der Waals surface area contributed by atoms with E-state index in [9.17, 15) is 4.79 Å². The first kappa shape index (κ1) is 12.9. The molecule has 3 rings (SSSR count). The molecule has 1 aromatic rings. The molecular weight excluding hydrogens is 256 g/mol. The van der Waals surface area contributed by atoms with Crippen LogP contribution in [0.2, 0.25) is 0 Å². The van der Waals surface area contributed by atoms with Crippen molar-refractivity contribution in [1.29, 1.82) is 0 Å². The highest BCUT2D eigenvalue weighted by atomic mass is 32.2. The zero-order valence-electron chi connectivity index (χ0n) is 11.3. The van der Waals surface area contributed by atoms with Crippen molar-refractivity contribution in [2.24, 2.45) is 0 Å². The molecule has 0 bridgehead atoms. The standard InChI is InChI=1S/C15H20N2OS/c1-11-14(8-10-19-11)16-12-4-6-13(7-5-12)17-9-2-3-15(17)18/h4-7,11,14,16H,2-3,8-10H2,1H3. The quantitative estimate of drug-likeness (QED) is 0.920. The number of hydrogen-bond acceptors (Lipinski definition) is 3. The van der Waals surface area contributed by atoms with Crippen molar-refractivity contribution in [3.8, 4) is 0 Å². The van der Waals surface area contributed by atoms with Crippen molar-refractivity contribution in [1.82, 2.24) is 0 Å². The molecule has 2 heterocycles. The van der Waals surface area contributed by atoms with Crippen molar-refractivity contribution in [2.75, 3.05) is 22.5 Å². The summed E-state index contributed by atoms with van der Waals surface area (Å²) in [4.78, 5) is 13.6. The number of hydrogen-bond donors (Lipinski definition) is 1. The lowest BCUT2D eigenvalue weighted by atomic mass is 10.1. The van der Waals surface area contributed by atoms with E-state index in [1.54, 1.807) is 0 Å². The monoisotopic (exact) mass is 276 g/mol. The van der Waals surface area contributed by atoms with Crippen molar-refractivity contribution < 1.29 is 4.79 Å². The molecule has 1 aromatic carbocycles. The summed E-state index contributed by atoms with van der Waals surface area (Å²) in [5, 5.41) is 4.28. The molecule has 102 valence electrons. The highest BCUT2D eigenvalue weighted by molar-refractivity contribution is 8.00. The lowest BCUT2D eigenvalue weighted by Gasteiger charge is -2.20. The van der Waals surface area contributed by atoms with E-state index in [0.29, 0.717) is 17.7 Å². The summed E-state index contributed by atoms with van der Waals surface area (Å²) < 4.78 is 0. The highest BCUT2D eigenvalue weighted by Crippen LogP contribution is 2.29. The molecule has 0 aliphatic carbocycles. The maximum absolute atomic E-state index is 11.7.